The number of ketones is 1. The van der Waals surface area contributed by atoms with Crippen molar-refractivity contribution in [3.8, 4) is 11.8 Å². The Kier molecular flexibility index (Phi) is 9.04. The molecule has 0 atom stereocenters. The SMILES string of the molecule is CN1CCN(Cc2ccc(CC(=O)c3ccc(Cl)c(C#Cc4cc(N(C)C)cnc4N)c3)cc2C(F)(F)F)CC1. The monoisotopic (exact) mass is 569 g/mol. The van der Waals surface area contributed by atoms with E-state index < -0.39 is 11.7 Å². The minimum atomic E-state index is -4.52. The first-order valence-electron chi connectivity index (χ1n) is 12.8. The third kappa shape index (κ3) is 7.33. The fourth-order valence-corrected chi connectivity index (χ4v) is 4.57. The van der Waals surface area contributed by atoms with Crippen LogP contribution >= 0.6 is 11.6 Å². The topological polar surface area (TPSA) is 65.7 Å². The zero-order chi connectivity index (χ0) is 29.0. The highest BCUT2D eigenvalue weighted by atomic mass is 35.5. The molecule has 2 heterocycles. The number of pyridine rings is 1. The molecule has 4 rings (SSSR count). The van der Waals surface area contributed by atoms with Crippen LogP contribution in [0.2, 0.25) is 5.02 Å². The van der Waals surface area contributed by atoms with Gasteiger partial charge in [0.1, 0.15) is 5.82 Å². The Hall–Kier alpha value is -3.58. The van der Waals surface area contributed by atoms with Gasteiger partial charge < -0.3 is 15.5 Å². The molecule has 1 saturated heterocycles. The predicted molar refractivity (Wildman–Crippen MR) is 153 cm³/mol. The van der Waals surface area contributed by atoms with Crippen LogP contribution in [0.15, 0.2) is 48.7 Å². The number of rotatable bonds is 6. The van der Waals surface area contributed by atoms with Crippen LogP contribution in [-0.2, 0) is 19.1 Å². The van der Waals surface area contributed by atoms with Crippen LogP contribution < -0.4 is 10.6 Å². The number of hydrogen-bond acceptors (Lipinski definition) is 6. The number of nitrogen functional groups attached to an aromatic ring is 1. The van der Waals surface area contributed by atoms with Crippen molar-refractivity contribution < 1.29 is 18.0 Å². The van der Waals surface area contributed by atoms with Gasteiger partial charge in [0.15, 0.2) is 5.78 Å². The lowest BCUT2D eigenvalue weighted by Gasteiger charge is -2.33. The molecule has 0 saturated carbocycles. The quantitative estimate of drug-likeness (QED) is 0.334. The summed E-state index contributed by atoms with van der Waals surface area (Å²) in [5.74, 6) is 5.82. The number of likely N-dealkylation sites (N-methyl/N-ethyl adjacent to an activating group) is 1. The fourth-order valence-electron chi connectivity index (χ4n) is 4.41. The van der Waals surface area contributed by atoms with E-state index in [1.807, 2.05) is 30.9 Å². The molecule has 6 nitrogen and oxygen atoms in total. The zero-order valence-corrected chi connectivity index (χ0v) is 23.4. The van der Waals surface area contributed by atoms with Crippen molar-refractivity contribution in [2.75, 3.05) is 58.0 Å². The number of aromatic nitrogens is 1. The average molecular weight is 570 g/mol. The molecule has 0 aliphatic carbocycles. The maximum Gasteiger partial charge on any atom is 0.416 e. The highest BCUT2D eigenvalue weighted by molar-refractivity contribution is 6.31. The van der Waals surface area contributed by atoms with E-state index in [4.69, 9.17) is 17.3 Å². The molecule has 10 heteroatoms. The molecule has 0 amide bonds. The summed E-state index contributed by atoms with van der Waals surface area (Å²) in [5.41, 5.74) is 7.80. The third-order valence-corrected chi connectivity index (χ3v) is 7.20. The second-order valence-electron chi connectivity index (χ2n) is 10.1. The Labute approximate surface area is 237 Å². The maximum absolute atomic E-state index is 14.0. The van der Waals surface area contributed by atoms with Crippen LogP contribution in [0.1, 0.15) is 38.2 Å². The Morgan fingerprint density at radius 2 is 1.75 bits per heavy atom. The molecule has 1 aliphatic heterocycles. The van der Waals surface area contributed by atoms with Gasteiger partial charge in [0.05, 0.1) is 28.0 Å². The number of hydrogen-bond donors (Lipinski definition) is 1. The summed E-state index contributed by atoms with van der Waals surface area (Å²) < 4.78 is 41.9. The predicted octanol–water partition coefficient (Wildman–Crippen LogP) is 4.97. The van der Waals surface area contributed by atoms with Crippen LogP contribution in [0.5, 0.6) is 0 Å². The normalized spacial score (nSPS) is 14.5. The standard InChI is InChI=1S/C30H31ClF3N5O/c1-37(2)25-17-23(29(35)36-18-25)7-6-21-16-22(8-9-27(21)31)28(40)15-20-4-5-24(26(14-20)30(32,33)34)19-39-12-10-38(3)11-13-39/h4-5,8-9,14,16-18H,10-13,15,19H2,1-3H3,(H2,35,36). The summed E-state index contributed by atoms with van der Waals surface area (Å²) in [6, 6.07) is 10.6. The molecule has 0 radical (unpaired) electrons. The van der Waals surface area contributed by atoms with Crippen LogP contribution in [0.3, 0.4) is 0 Å². The summed E-state index contributed by atoms with van der Waals surface area (Å²) in [4.78, 5) is 23.3. The van der Waals surface area contributed by atoms with Crippen molar-refractivity contribution in [2.45, 2.75) is 19.1 Å². The molecule has 1 fully saturated rings. The molecular weight excluding hydrogens is 539 g/mol. The molecule has 0 unspecified atom stereocenters. The molecule has 1 aliphatic rings. The van der Waals surface area contributed by atoms with E-state index in [1.54, 1.807) is 36.5 Å². The lowest BCUT2D eigenvalue weighted by atomic mass is 9.97. The molecule has 0 bridgehead atoms. The largest absolute Gasteiger partial charge is 0.416 e. The molecule has 3 aromatic rings. The first kappa shape index (κ1) is 29.4. The first-order valence-corrected chi connectivity index (χ1v) is 13.2. The Balaban J connectivity index is 1.54. The van der Waals surface area contributed by atoms with Crippen molar-refractivity contribution in [2.24, 2.45) is 0 Å². The van der Waals surface area contributed by atoms with E-state index in [-0.39, 0.29) is 30.1 Å². The molecule has 0 spiro atoms. The molecule has 2 aromatic carbocycles. The molecular formula is C30H31ClF3N5O. The van der Waals surface area contributed by atoms with E-state index >= 15 is 0 Å². The number of piperazine rings is 1. The van der Waals surface area contributed by atoms with E-state index in [0.29, 0.717) is 40.4 Å². The van der Waals surface area contributed by atoms with Gasteiger partial charge in [-0.3, -0.25) is 9.69 Å². The summed E-state index contributed by atoms with van der Waals surface area (Å²) in [5, 5.41) is 0.340. The summed E-state index contributed by atoms with van der Waals surface area (Å²) in [6.45, 7) is 3.26. The lowest BCUT2D eigenvalue weighted by Crippen LogP contribution is -2.44. The number of nitrogens with two attached hydrogens (primary N) is 1. The third-order valence-electron chi connectivity index (χ3n) is 6.87. The van der Waals surface area contributed by atoms with Gasteiger partial charge in [-0.1, -0.05) is 35.6 Å². The van der Waals surface area contributed by atoms with Gasteiger partial charge in [-0.2, -0.15) is 13.2 Å². The highest BCUT2D eigenvalue weighted by Gasteiger charge is 2.34. The average Bonchev–Trinajstić information content (AvgIpc) is 2.90. The first-order chi connectivity index (χ1) is 18.9. The van der Waals surface area contributed by atoms with Gasteiger partial charge in [-0.15, -0.1) is 0 Å². The number of anilines is 2. The van der Waals surface area contributed by atoms with Crippen LogP contribution in [0, 0.1) is 11.8 Å². The molecule has 1 aromatic heterocycles. The molecule has 40 heavy (non-hydrogen) atoms. The second kappa shape index (κ2) is 12.3. The zero-order valence-electron chi connectivity index (χ0n) is 22.6. The highest BCUT2D eigenvalue weighted by Crippen LogP contribution is 2.34. The van der Waals surface area contributed by atoms with E-state index in [2.05, 4.69) is 21.7 Å². The summed E-state index contributed by atoms with van der Waals surface area (Å²) in [7, 11) is 5.74. The van der Waals surface area contributed by atoms with Crippen molar-refractivity contribution in [3.63, 3.8) is 0 Å². The Bertz CT molecular complexity index is 1450. The van der Waals surface area contributed by atoms with Gasteiger partial charge in [0.2, 0.25) is 0 Å². The van der Waals surface area contributed by atoms with Gasteiger partial charge in [-0.05, 0) is 48.5 Å². The minimum Gasteiger partial charge on any atom is -0.383 e. The Morgan fingerprint density at radius 1 is 1.05 bits per heavy atom. The van der Waals surface area contributed by atoms with E-state index in [0.717, 1.165) is 24.8 Å². The van der Waals surface area contributed by atoms with Crippen molar-refractivity contribution in [3.05, 3.63) is 87.1 Å². The lowest BCUT2D eigenvalue weighted by molar-refractivity contribution is -0.138. The number of alkyl halides is 3. The molecule has 2 N–H and O–H groups in total. The van der Waals surface area contributed by atoms with Gasteiger partial charge in [-0.25, -0.2) is 4.98 Å². The van der Waals surface area contributed by atoms with E-state index in [1.165, 1.54) is 6.07 Å². The number of halogens is 4. The minimum absolute atomic E-state index is 0.186. The van der Waals surface area contributed by atoms with Gasteiger partial charge in [0, 0.05) is 64.4 Å². The summed E-state index contributed by atoms with van der Waals surface area (Å²) >= 11 is 6.32. The molecule has 210 valence electrons. The number of benzene rings is 2. The van der Waals surface area contributed by atoms with Crippen LogP contribution in [-0.4, -0.2) is 67.9 Å². The Morgan fingerprint density at radius 3 is 2.42 bits per heavy atom. The van der Waals surface area contributed by atoms with Gasteiger partial charge in [0.25, 0.3) is 0 Å². The van der Waals surface area contributed by atoms with Crippen molar-refractivity contribution in [1.82, 2.24) is 14.8 Å². The van der Waals surface area contributed by atoms with E-state index in [9.17, 15) is 18.0 Å². The maximum atomic E-state index is 14.0. The number of nitrogens with zero attached hydrogens (tertiary/aromatic N) is 4. The van der Waals surface area contributed by atoms with Gasteiger partial charge >= 0.3 is 6.18 Å². The number of carbonyl (C=O) groups is 1. The van der Waals surface area contributed by atoms with Crippen LogP contribution in [0.4, 0.5) is 24.7 Å². The fraction of sp³-hybridized carbons (Fsp3) is 0.333. The second-order valence-corrected chi connectivity index (χ2v) is 10.5. The summed E-state index contributed by atoms with van der Waals surface area (Å²) in [6.07, 6.45) is -3.07. The smallest absolute Gasteiger partial charge is 0.383 e. The van der Waals surface area contributed by atoms with Crippen LogP contribution in [0.25, 0.3) is 0 Å². The van der Waals surface area contributed by atoms with Crippen molar-refractivity contribution >= 4 is 28.9 Å². The van der Waals surface area contributed by atoms with Crippen molar-refractivity contribution in [1.29, 1.82) is 0 Å². The number of carbonyl (C=O) groups excluding carboxylic acids is 1. The number of Topliss-reactive ketones (excluding diaryl/α,β-unsaturated/α-hetero) is 1.